The molecule has 0 aliphatic rings. The summed E-state index contributed by atoms with van der Waals surface area (Å²) in [6, 6.07) is 13.7. The van der Waals surface area contributed by atoms with E-state index in [0.29, 0.717) is 19.4 Å². The highest BCUT2D eigenvalue weighted by molar-refractivity contribution is 5.78. The number of hydrogen-bond acceptors (Lipinski definition) is 3. The maximum Gasteiger partial charge on any atom is 0.224 e. The number of nitrogens with zero attached hydrogens (tertiary/aromatic N) is 1. The van der Waals surface area contributed by atoms with Gasteiger partial charge in [-0.25, -0.2) is 0 Å². The van der Waals surface area contributed by atoms with E-state index in [4.69, 9.17) is 0 Å². The highest BCUT2D eigenvalue weighted by Crippen LogP contribution is 2.20. The number of amides is 1. The highest BCUT2D eigenvalue weighted by Gasteiger charge is 2.15. The fourth-order valence-corrected chi connectivity index (χ4v) is 2.46. The largest absolute Gasteiger partial charge is 0.393 e. The van der Waals surface area contributed by atoms with Gasteiger partial charge in [-0.05, 0) is 30.5 Å². The molecule has 1 aromatic heterocycles. The maximum atomic E-state index is 12.0. The molecule has 0 spiro atoms. The number of aliphatic hydroxyl groups excluding tert-OH is 1. The molecule has 2 rings (SSSR count). The zero-order valence-corrected chi connectivity index (χ0v) is 12.8. The van der Waals surface area contributed by atoms with Crippen LogP contribution < -0.4 is 5.32 Å². The van der Waals surface area contributed by atoms with Gasteiger partial charge in [0.25, 0.3) is 0 Å². The number of aromatic nitrogens is 1. The molecular weight excluding hydrogens is 276 g/mol. The molecule has 22 heavy (non-hydrogen) atoms. The molecule has 0 fully saturated rings. The number of aliphatic hydroxyl groups is 1. The number of nitrogens with one attached hydrogen (secondary N) is 1. The molecule has 0 aliphatic carbocycles. The van der Waals surface area contributed by atoms with E-state index < -0.39 is 6.10 Å². The number of benzene rings is 1. The van der Waals surface area contributed by atoms with Crippen molar-refractivity contribution in [3.63, 3.8) is 0 Å². The highest BCUT2D eigenvalue weighted by atomic mass is 16.3. The van der Waals surface area contributed by atoms with Gasteiger partial charge < -0.3 is 10.4 Å². The van der Waals surface area contributed by atoms with Crippen molar-refractivity contribution in [2.24, 2.45) is 0 Å². The molecule has 116 valence electrons. The van der Waals surface area contributed by atoms with Gasteiger partial charge in [0.2, 0.25) is 5.91 Å². The van der Waals surface area contributed by atoms with Crippen LogP contribution in [-0.2, 0) is 11.2 Å². The molecule has 2 N–H and O–H groups in total. The van der Waals surface area contributed by atoms with Crippen LogP contribution in [0, 0.1) is 0 Å². The second-order valence-corrected chi connectivity index (χ2v) is 5.53. The van der Waals surface area contributed by atoms with E-state index in [9.17, 15) is 9.90 Å². The van der Waals surface area contributed by atoms with Gasteiger partial charge in [0, 0.05) is 24.9 Å². The van der Waals surface area contributed by atoms with Crippen LogP contribution in [0.15, 0.2) is 54.9 Å². The summed E-state index contributed by atoms with van der Waals surface area (Å²) < 4.78 is 0. The Labute approximate surface area is 131 Å². The molecule has 2 aromatic rings. The number of carbonyl (C=O) groups is 1. The van der Waals surface area contributed by atoms with Gasteiger partial charge in [0.1, 0.15) is 0 Å². The summed E-state index contributed by atoms with van der Waals surface area (Å²) in [6.07, 6.45) is 3.93. The Hall–Kier alpha value is -2.20. The minimum absolute atomic E-state index is 0.0282. The average Bonchev–Trinajstić information content (AvgIpc) is 2.53. The molecule has 0 unspecified atom stereocenters. The van der Waals surface area contributed by atoms with Gasteiger partial charge in [-0.1, -0.05) is 36.4 Å². The van der Waals surface area contributed by atoms with Gasteiger partial charge >= 0.3 is 0 Å². The fraction of sp³-hybridized carbons (Fsp3) is 0.333. The molecule has 0 aliphatic heterocycles. The van der Waals surface area contributed by atoms with Crippen LogP contribution in [0.25, 0.3) is 0 Å². The number of hydrogen-bond donors (Lipinski definition) is 2. The first kappa shape index (κ1) is 16.2. The summed E-state index contributed by atoms with van der Waals surface area (Å²) in [5.41, 5.74) is 2.02. The van der Waals surface area contributed by atoms with E-state index >= 15 is 0 Å². The molecule has 0 bridgehead atoms. The first-order chi connectivity index (χ1) is 10.6. The third-order valence-corrected chi connectivity index (χ3v) is 3.53. The SMILES string of the molecule is C[C@H](O)C[C@H](CNC(=O)Cc1cccnc1)c1ccccc1. The summed E-state index contributed by atoms with van der Waals surface area (Å²) in [6.45, 7) is 2.29. The molecule has 1 amide bonds. The van der Waals surface area contributed by atoms with Crippen LogP contribution in [0.4, 0.5) is 0 Å². The van der Waals surface area contributed by atoms with Crippen molar-refractivity contribution in [3.8, 4) is 0 Å². The molecule has 0 saturated carbocycles. The van der Waals surface area contributed by atoms with Gasteiger partial charge in [0.05, 0.1) is 12.5 Å². The molecule has 2 atom stereocenters. The first-order valence-corrected chi connectivity index (χ1v) is 7.53. The average molecular weight is 298 g/mol. The van der Waals surface area contributed by atoms with Crippen molar-refractivity contribution < 1.29 is 9.90 Å². The van der Waals surface area contributed by atoms with Crippen LogP contribution >= 0.6 is 0 Å². The van der Waals surface area contributed by atoms with Crippen LogP contribution in [0.2, 0.25) is 0 Å². The standard InChI is InChI=1S/C18H22N2O2/c1-14(21)10-17(16-7-3-2-4-8-16)13-20-18(22)11-15-6-5-9-19-12-15/h2-9,12,14,17,21H,10-11,13H2,1H3,(H,20,22)/t14-,17+/m0/s1. The normalized spacial score (nSPS) is 13.4. The Balaban J connectivity index is 1.92. The number of pyridine rings is 1. The summed E-state index contributed by atoms with van der Waals surface area (Å²) in [4.78, 5) is 16.0. The predicted molar refractivity (Wildman–Crippen MR) is 86.4 cm³/mol. The lowest BCUT2D eigenvalue weighted by molar-refractivity contribution is -0.120. The minimum atomic E-state index is -0.402. The van der Waals surface area contributed by atoms with Crippen molar-refractivity contribution in [2.45, 2.75) is 31.8 Å². The molecule has 0 saturated heterocycles. The topological polar surface area (TPSA) is 62.2 Å². The van der Waals surface area contributed by atoms with Crippen LogP contribution in [0.5, 0.6) is 0 Å². The van der Waals surface area contributed by atoms with Crippen LogP contribution in [0.3, 0.4) is 0 Å². The van der Waals surface area contributed by atoms with E-state index in [-0.39, 0.29) is 11.8 Å². The fourth-order valence-electron chi connectivity index (χ4n) is 2.46. The second-order valence-electron chi connectivity index (χ2n) is 5.53. The third-order valence-electron chi connectivity index (χ3n) is 3.53. The van der Waals surface area contributed by atoms with Gasteiger partial charge in [0.15, 0.2) is 0 Å². The van der Waals surface area contributed by atoms with E-state index in [0.717, 1.165) is 11.1 Å². The molecular formula is C18H22N2O2. The van der Waals surface area contributed by atoms with Gasteiger partial charge in [-0.2, -0.15) is 0 Å². The van der Waals surface area contributed by atoms with Crippen LogP contribution in [-0.4, -0.2) is 28.6 Å². The zero-order valence-electron chi connectivity index (χ0n) is 12.8. The number of carbonyl (C=O) groups excluding carboxylic acids is 1. The Morgan fingerprint density at radius 3 is 2.64 bits per heavy atom. The Morgan fingerprint density at radius 2 is 2.00 bits per heavy atom. The third kappa shape index (κ3) is 5.30. The lowest BCUT2D eigenvalue weighted by atomic mass is 9.93. The second kappa shape index (κ2) is 8.29. The molecule has 4 nitrogen and oxygen atoms in total. The molecule has 1 aromatic carbocycles. The van der Waals surface area contributed by atoms with Crippen molar-refractivity contribution in [1.82, 2.24) is 10.3 Å². The Kier molecular flexibility index (Phi) is 6.10. The maximum absolute atomic E-state index is 12.0. The Bertz CT molecular complexity index is 570. The Morgan fingerprint density at radius 1 is 1.23 bits per heavy atom. The summed E-state index contributed by atoms with van der Waals surface area (Å²) >= 11 is 0. The van der Waals surface area contributed by atoms with Gasteiger partial charge in [-0.3, -0.25) is 9.78 Å². The van der Waals surface area contributed by atoms with E-state index in [1.807, 2.05) is 42.5 Å². The summed E-state index contributed by atoms with van der Waals surface area (Å²) in [5, 5.41) is 12.6. The summed E-state index contributed by atoms with van der Waals surface area (Å²) in [5.74, 6) is 0.0820. The van der Waals surface area contributed by atoms with Crippen molar-refractivity contribution in [1.29, 1.82) is 0 Å². The lowest BCUT2D eigenvalue weighted by Crippen LogP contribution is -2.30. The van der Waals surface area contributed by atoms with Crippen molar-refractivity contribution in [3.05, 3.63) is 66.0 Å². The zero-order chi connectivity index (χ0) is 15.8. The van der Waals surface area contributed by atoms with Gasteiger partial charge in [-0.15, -0.1) is 0 Å². The lowest BCUT2D eigenvalue weighted by Gasteiger charge is -2.19. The van der Waals surface area contributed by atoms with Crippen molar-refractivity contribution >= 4 is 5.91 Å². The molecule has 4 heteroatoms. The van der Waals surface area contributed by atoms with Crippen LogP contribution in [0.1, 0.15) is 30.4 Å². The quantitative estimate of drug-likeness (QED) is 0.824. The number of rotatable bonds is 7. The van der Waals surface area contributed by atoms with E-state index in [1.165, 1.54) is 0 Å². The smallest absolute Gasteiger partial charge is 0.224 e. The van der Waals surface area contributed by atoms with Crippen molar-refractivity contribution in [2.75, 3.05) is 6.54 Å². The molecule has 0 radical (unpaired) electrons. The first-order valence-electron chi connectivity index (χ1n) is 7.53. The molecule has 1 heterocycles. The minimum Gasteiger partial charge on any atom is -0.393 e. The van der Waals surface area contributed by atoms with E-state index in [1.54, 1.807) is 19.3 Å². The monoisotopic (exact) mass is 298 g/mol. The predicted octanol–water partition coefficient (Wildman–Crippen LogP) is 2.29. The van der Waals surface area contributed by atoms with E-state index in [2.05, 4.69) is 10.3 Å². The summed E-state index contributed by atoms with van der Waals surface area (Å²) in [7, 11) is 0.